The summed E-state index contributed by atoms with van der Waals surface area (Å²) in [6.07, 6.45) is -0.879. The predicted molar refractivity (Wildman–Crippen MR) is 69.9 cm³/mol. The van der Waals surface area contributed by atoms with Crippen LogP contribution in [0.5, 0.6) is 0 Å². The molecule has 0 fully saturated rings. The standard InChI is InChI=1S/C13H14F2N2OS/c1-8-7-19-13(17-8)6-16-5-12(18)9-2-3-10(14)11(15)4-9/h2-4,7,12,16,18H,5-6H2,1H3. The Bertz CT molecular complexity index is 559. The topological polar surface area (TPSA) is 45.1 Å². The zero-order chi connectivity index (χ0) is 13.8. The van der Waals surface area contributed by atoms with E-state index < -0.39 is 17.7 Å². The molecule has 1 atom stereocenters. The van der Waals surface area contributed by atoms with Crippen LogP contribution in [0.2, 0.25) is 0 Å². The maximum atomic E-state index is 13.0. The highest BCUT2D eigenvalue weighted by atomic mass is 32.1. The number of aryl methyl sites for hydroxylation is 1. The van der Waals surface area contributed by atoms with Crippen LogP contribution in [-0.2, 0) is 6.54 Å². The van der Waals surface area contributed by atoms with E-state index in [1.165, 1.54) is 17.4 Å². The summed E-state index contributed by atoms with van der Waals surface area (Å²) >= 11 is 1.54. The van der Waals surface area contributed by atoms with E-state index in [1.807, 2.05) is 12.3 Å². The van der Waals surface area contributed by atoms with Crippen molar-refractivity contribution in [3.05, 3.63) is 51.5 Å². The predicted octanol–water partition coefficient (Wildman–Crippen LogP) is 2.55. The lowest BCUT2D eigenvalue weighted by atomic mass is 10.1. The van der Waals surface area contributed by atoms with Gasteiger partial charge in [-0.1, -0.05) is 6.07 Å². The summed E-state index contributed by atoms with van der Waals surface area (Å²) in [4.78, 5) is 4.27. The molecule has 1 unspecified atom stereocenters. The zero-order valence-electron chi connectivity index (χ0n) is 10.4. The highest BCUT2D eigenvalue weighted by Crippen LogP contribution is 2.16. The van der Waals surface area contributed by atoms with E-state index in [0.717, 1.165) is 22.8 Å². The molecule has 0 radical (unpaired) electrons. The third kappa shape index (κ3) is 3.79. The Morgan fingerprint density at radius 1 is 1.37 bits per heavy atom. The molecule has 3 nitrogen and oxygen atoms in total. The van der Waals surface area contributed by atoms with Crippen molar-refractivity contribution in [1.29, 1.82) is 0 Å². The molecule has 0 aliphatic rings. The van der Waals surface area contributed by atoms with Crippen LogP contribution < -0.4 is 5.32 Å². The maximum absolute atomic E-state index is 13.0. The highest BCUT2D eigenvalue weighted by molar-refractivity contribution is 7.09. The molecular weight excluding hydrogens is 270 g/mol. The number of aliphatic hydroxyl groups is 1. The molecule has 0 aliphatic carbocycles. The Labute approximate surface area is 113 Å². The fraction of sp³-hybridized carbons (Fsp3) is 0.308. The van der Waals surface area contributed by atoms with Crippen molar-refractivity contribution in [2.24, 2.45) is 0 Å². The first-order valence-corrected chi connectivity index (χ1v) is 6.69. The molecule has 6 heteroatoms. The monoisotopic (exact) mass is 284 g/mol. The summed E-state index contributed by atoms with van der Waals surface area (Å²) in [6, 6.07) is 3.39. The fourth-order valence-electron chi connectivity index (χ4n) is 1.64. The molecule has 19 heavy (non-hydrogen) atoms. The van der Waals surface area contributed by atoms with Crippen LogP contribution in [0.15, 0.2) is 23.6 Å². The maximum Gasteiger partial charge on any atom is 0.159 e. The highest BCUT2D eigenvalue weighted by Gasteiger charge is 2.10. The van der Waals surface area contributed by atoms with Gasteiger partial charge >= 0.3 is 0 Å². The number of rotatable bonds is 5. The van der Waals surface area contributed by atoms with Crippen molar-refractivity contribution >= 4 is 11.3 Å². The van der Waals surface area contributed by atoms with Gasteiger partial charge in [-0.3, -0.25) is 0 Å². The summed E-state index contributed by atoms with van der Waals surface area (Å²) < 4.78 is 25.8. The minimum Gasteiger partial charge on any atom is -0.387 e. The quantitative estimate of drug-likeness (QED) is 0.887. The van der Waals surface area contributed by atoms with Gasteiger partial charge in [0.05, 0.1) is 6.10 Å². The molecule has 1 heterocycles. The van der Waals surface area contributed by atoms with Crippen molar-refractivity contribution < 1.29 is 13.9 Å². The van der Waals surface area contributed by atoms with E-state index in [0.29, 0.717) is 12.1 Å². The Morgan fingerprint density at radius 2 is 2.16 bits per heavy atom. The van der Waals surface area contributed by atoms with E-state index in [9.17, 15) is 13.9 Å². The molecule has 102 valence electrons. The van der Waals surface area contributed by atoms with Crippen LogP contribution in [0.1, 0.15) is 22.4 Å². The van der Waals surface area contributed by atoms with Crippen molar-refractivity contribution in [2.75, 3.05) is 6.54 Å². The van der Waals surface area contributed by atoms with Gasteiger partial charge in [-0.15, -0.1) is 11.3 Å². The van der Waals surface area contributed by atoms with E-state index in [2.05, 4.69) is 10.3 Å². The molecule has 2 aromatic rings. The molecule has 0 bridgehead atoms. The summed E-state index contributed by atoms with van der Waals surface area (Å²) in [5, 5.41) is 15.8. The number of nitrogens with one attached hydrogen (secondary N) is 1. The second-order valence-corrected chi connectivity index (χ2v) is 5.15. The number of aromatic nitrogens is 1. The molecule has 0 aliphatic heterocycles. The Balaban J connectivity index is 1.86. The second-order valence-electron chi connectivity index (χ2n) is 4.20. The summed E-state index contributed by atoms with van der Waals surface area (Å²) in [5.74, 6) is -1.87. The van der Waals surface area contributed by atoms with Crippen LogP contribution in [0, 0.1) is 18.6 Å². The third-order valence-electron chi connectivity index (χ3n) is 2.61. The van der Waals surface area contributed by atoms with Crippen LogP contribution in [0.3, 0.4) is 0 Å². The van der Waals surface area contributed by atoms with Crippen LogP contribution >= 0.6 is 11.3 Å². The lowest BCUT2D eigenvalue weighted by Gasteiger charge is -2.11. The average molecular weight is 284 g/mol. The molecule has 0 amide bonds. The van der Waals surface area contributed by atoms with Gasteiger partial charge in [0.15, 0.2) is 11.6 Å². The lowest BCUT2D eigenvalue weighted by Crippen LogP contribution is -2.21. The molecule has 1 aromatic heterocycles. The first kappa shape index (κ1) is 14.0. The fourth-order valence-corrected chi connectivity index (χ4v) is 2.38. The summed E-state index contributed by atoms with van der Waals surface area (Å²) in [7, 11) is 0. The Hall–Kier alpha value is -1.37. The normalized spacial score (nSPS) is 12.6. The third-order valence-corrected chi connectivity index (χ3v) is 3.58. The second kappa shape index (κ2) is 6.18. The number of hydrogen-bond donors (Lipinski definition) is 2. The lowest BCUT2D eigenvalue weighted by molar-refractivity contribution is 0.173. The van der Waals surface area contributed by atoms with E-state index in [1.54, 1.807) is 0 Å². The molecular formula is C13H14F2N2OS. The van der Waals surface area contributed by atoms with Gasteiger partial charge in [0.2, 0.25) is 0 Å². The molecule has 2 N–H and O–H groups in total. The Kier molecular flexibility index (Phi) is 4.57. The minimum atomic E-state index is -0.952. The average Bonchev–Trinajstić information content (AvgIpc) is 2.78. The van der Waals surface area contributed by atoms with Crippen LogP contribution in [0.4, 0.5) is 8.78 Å². The van der Waals surface area contributed by atoms with E-state index >= 15 is 0 Å². The van der Waals surface area contributed by atoms with Crippen molar-refractivity contribution in [3.63, 3.8) is 0 Å². The van der Waals surface area contributed by atoms with Crippen molar-refractivity contribution in [2.45, 2.75) is 19.6 Å². The SMILES string of the molecule is Cc1csc(CNCC(O)c2ccc(F)c(F)c2)n1. The largest absolute Gasteiger partial charge is 0.387 e. The van der Waals surface area contributed by atoms with Crippen molar-refractivity contribution in [3.8, 4) is 0 Å². The van der Waals surface area contributed by atoms with Gasteiger partial charge in [0, 0.05) is 24.2 Å². The number of nitrogens with zero attached hydrogens (tertiary/aromatic N) is 1. The van der Waals surface area contributed by atoms with Crippen molar-refractivity contribution in [1.82, 2.24) is 10.3 Å². The number of halogens is 2. The first-order valence-electron chi connectivity index (χ1n) is 5.81. The van der Waals surface area contributed by atoms with E-state index in [-0.39, 0.29) is 6.54 Å². The van der Waals surface area contributed by atoms with Gasteiger partial charge < -0.3 is 10.4 Å². The first-order chi connectivity index (χ1) is 9.06. The number of aliphatic hydroxyl groups excluding tert-OH is 1. The van der Waals surface area contributed by atoms with E-state index in [4.69, 9.17) is 0 Å². The van der Waals surface area contributed by atoms with Gasteiger partial charge in [-0.25, -0.2) is 13.8 Å². The minimum absolute atomic E-state index is 0.254. The smallest absolute Gasteiger partial charge is 0.159 e. The molecule has 0 saturated carbocycles. The van der Waals surface area contributed by atoms with Crippen LogP contribution in [-0.4, -0.2) is 16.6 Å². The van der Waals surface area contributed by atoms with Gasteiger partial charge in [0.1, 0.15) is 5.01 Å². The van der Waals surface area contributed by atoms with Gasteiger partial charge in [-0.2, -0.15) is 0 Å². The van der Waals surface area contributed by atoms with Crippen LogP contribution in [0.25, 0.3) is 0 Å². The number of thiazole rings is 1. The number of hydrogen-bond acceptors (Lipinski definition) is 4. The summed E-state index contributed by atoms with van der Waals surface area (Å²) in [6.45, 7) is 2.71. The van der Waals surface area contributed by atoms with Gasteiger partial charge in [0.25, 0.3) is 0 Å². The van der Waals surface area contributed by atoms with Gasteiger partial charge in [-0.05, 0) is 24.6 Å². The molecule has 0 saturated heterocycles. The molecule has 0 spiro atoms. The Morgan fingerprint density at radius 3 is 2.79 bits per heavy atom. The zero-order valence-corrected chi connectivity index (χ0v) is 11.2. The number of benzene rings is 1. The molecule has 2 rings (SSSR count). The summed E-state index contributed by atoms with van der Waals surface area (Å²) in [5.41, 5.74) is 1.31. The molecule has 1 aromatic carbocycles.